The molecule has 0 saturated heterocycles. The van der Waals surface area contributed by atoms with Crippen LogP contribution in [0.4, 0.5) is 5.69 Å². The molecule has 1 rings (SSSR count). The van der Waals surface area contributed by atoms with Crippen molar-refractivity contribution in [2.75, 3.05) is 12.4 Å². The summed E-state index contributed by atoms with van der Waals surface area (Å²) in [7, 11) is 1.49. The minimum atomic E-state index is 0. The zero-order valence-corrected chi connectivity index (χ0v) is 12.3. The van der Waals surface area contributed by atoms with E-state index in [0.29, 0.717) is 20.8 Å². The molecule has 0 spiro atoms. The minimum Gasteiger partial charge on any atom is -0.369 e. The van der Waals surface area contributed by atoms with Crippen molar-refractivity contribution >= 4 is 64.8 Å². The van der Waals surface area contributed by atoms with Crippen LogP contribution in [-0.2, 0) is 0 Å². The molecule has 9 heteroatoms. The fourth-order valence-electron chi connectivity index (χ4n) is 0.991. The molecular weight excluding hydrogens is 320 g/mol. The minimum absolute atomic E-state index is 0. The average Bonchev–Trinajstić information content (AvgIpc) is 2.23. The van der Waals surface area contributed by atoms with Gasteiger partial charge in [-0.1, -0.05) is 34.8 Å². The first kappa shape index (κ1) is 17.1. The van der Waals surface area contributed by atoms with Gasteiger partial charge in [-0.15, -0.1) is 12.4 Å². The standard InChI is InChI=1S/C9H10Cl3N5.ClH/c1-15-8(13)17-9(14)16-7-5(11)2-4(10)3-6(7)12;/h2-3H,1H3,(H5,13,14,15,16,17);1H. The number of aliphatic imine (C=N–C) groups is 2. The maximum Gasteiger partial charge on any atom is 0.218 e. The molecule has 5 nitrogen and oxygen atoms in total. The predicted octanol–water partition coefficient (Wildman–Crippen LogP) is 2.74. The Labute approximate surface area is 126 Å². The van der Waals surface area contributed by atoms with Crippen LogP contribution in [0.5, 0.6) is 0 Å². The number of anilines is 1. The maximum absolute atomic E-state index is 5.95. The summed E-state index contributed by atoms with van der Waals surface area (Å²) in [6.07, 6.45) is 0. The van der Waals surface area contributed by atoms with Gasteiger partial charge in [0.25, 0.3) is 0 Å². The molecule has 0 unspecified atom stereocenters. The molecule has 0 heterocycles. The second-order valence-corrected chi connectivity index (χ2v) is 4.20. The lowest BCUT2D eigenvalue weighted by Crippen LogP contribution is -2.26. The van der Waals surface area contributed by atoms with Crippen molar-refractivity contribution in [3.05, 3.63) is 27.2 Å². The van der Waals surface area contributed by atoms with Gasteiger partial charge in [0.15, 0.2) is 0 Å². The van der Waals surface area contributed by atoms with E-state index < -0.39 is 0 Å². The van der Waals surface area contributed by atoms with Crippen LogP contribution in [0.1, 0.15) is 0 Å². The van der Waals surface area contributed by atoms with Crippen molar-refractivity contribution in [3.63, 3.8) is 0 Å². The number of guanidine groups is 2. The molecule has 0 atom stereocenters. The summed E-state index contributed by atoms with van der Waals surface area (Å²) < 4.78 is 0. The van der Waals surface area contributed by atoms with Crippen molar-refractivity contribution in [1.82, 2.24) is 0 Å². The first-order chi connectivity index (χ1) is 7.93. The van der Waals surface area contributed by atoms with E-state index in [9.17, 15) is 0 Å². The molecule has 0 fully saturated rings. The van der Waals surface area contributed by atoms with Gasteiger partial charge < -0.3 is 16.8 Å². The van der Waals surface area contributed by atoms with E-state index in [-0.39, 0.29) is 24.3 Å². The molecule has 0 amide bonds. The summed E-state index contributed by atoms with van der Waals surface area (Å²) in [6.45, 7) is 0. The Bertz CT molecular complexity index is 463. The lowest BCUT2D eigenvalue weighted by atomic mass is 10.3. The molecule has 0 saturated carbocycles. The van der Waals surface area contributed by atoms with Gasteiger partial charge in [-0.2, -0.15) is 4.99 Å². The van der Waals surface area contributed by atoms with Gasteiger partial charge in [0, 0.05) is 12.1 Å². The van der Waals surface area contributed by atoms with Crippen molar-refractivity contribution < 1.29 is 0 Å². The number of rotatable bonds is 1. The largest absolute Gasteiger partial charge is 0.369 e. The van der Waals surface area contributed by atoms with E-state index in [2.05, 4.69) is 15.3 Å². The SMILES string of the molecule is CN=C(N)/N=C(\N)Nc1c(Cl)cc(Cl)cc1Cl.Cl. The van der Waals surface area contributed by atoms with Crippen LogP contribution in [0.15, 0.2) is 22.1 Å². The number of benzene rings is 1. The third kappa shape index (κ3) is 4.78. The third-order valence-corrected chi connectivity index (χ3v) is 2.54. The summed E-state index contributed by atoms with van der Waals surface area (Å²) in [6, 6.07) is 3.06. The Morgan fingerprint density at radius 3 is 2.11 bits per heavy atom. The zero-order valence-electron chi connectivity index (χ0n) is 9.25. The molecule has 0 aliphatic carbocycles. The van der Waals surface area contributed by atoms with Gasteiger partial charge in [0.2, 0.25) is 11.9 Å². The first-order valence-electron chi connectivity index (χ1n) is 4.42. The highest BCUT2D eigenvalue weighted by atomic mass is 35.5. The van der Waals surface area contributed by atoms with Crippen LogP contribution >= 0.6 is 47.2 Å². The number of hydrogen-bond acceptors (Lipinski definition) is 1. The normalized spacial score (nSPS) is 12.0. The summed E-state index contributed by atoms with van der Waals surface area (Å²) in [4.78, 5) is 7.39. The van der Waals surface area contributed by atoms with Gasteiger partial charge in [-0.3, -0.25) is 4.99 Å². The maximum atomic E-state index is 5.95. The molecule has 1 aromatic rings. The summed E-state index contributed by atoms with van der Waals surface area (Å²) in [5.74, 6) is 0.0652. The Kier molecular flexibility index (Phi) is 7.16. The van der Waals surface area contributed by atoms with Gasteiger partial charge in [0.05, 0.1) is 15.7 Å². The van der Waals surface area contributed by atoms with Crippen LogP contribution in [0.2, 0.25) is 15.1 Å². The summed E-state index contributed by atoms with van der Waals surface area (Å²) in [5, 5.41) is 3.79. The Balaban J connectivity index is 0.00000289. The zero-order chi connectivity index (χ0) is 13.0. The van der Waals surface area contributed by atoms with Gasteiger partial charge in [0.1, 0.15) is 0 Å². The van der Waals surface area contributed by atoms with E-state index in [1.54, 1.807) is 0 Å². The van der Waals surface area contributed by atoms with Crippen LogP contribution in [0.25, 0.3) is 0 Å². The fraction of sp³-hybridized carbons (Fsp3) is 0.111. The van der Waals surface area contributed by atoms with Gasteiger partial charge >= 0.3 is 0 Å². The molecule has 0 bridgehead atoms. The quantitative estimate of drug-likeness (QED) is 0.546. The fourth-order valence-corrected chi connectivity index (χ4v) is 1.90. The summed E-state index contributed by atoms with van der Waals surface area (Å²) in [5.41, 5.74) is 11.4. The third-order valence-electron chi connectivity index (χ3n) is 1.72. The molecule has 18 heavy (non-hydrogen) atoms. The highest BCUT2D eigenvalue weighted by Gasteiger charge is 2.08. The second-order valence-electron chi connectivity index (χ2n) is 2.95. The van der Waals surface area contributed by atoms with Crippen molar-refractivity contribution in [2.45, 2.75) is 0 Å². The highest BCUT2D eigenvalue weighted by molar-refractivity contribution is 6.42. The Hall–Kier alpha value is -0.880. The van der Waals surface area contributed by atoms with E-state index >= 15 is 0 Å². The monoisotopic (exact) mass is 329 g/mol. The second kappa shape index (κ2) is 7.53. The molecular formula is C9H11Cl4N5. The molecule has 5 N–H and O–H groups in total. The van der Waals surface area contributed by atoms with E-state index in [0.717, 1.165) is 0 Å². The van der Waals surface area contributed by atoms with Crippen LogP contribution in [-0.4, -0.2) is 19.0 Å². The van der Waals surface area contributed by atoms with Crippen molar-refractivity contribution in [2.24, 2.45) is 21.5 Å². The Morgan fingerprint density at radius 2 is 1.67 bits per heavy atom. The van der Waals surface area contributed by atoms with Crippen molar-refractivity contribution in [1.29, 1.82) is 0 Å². The lowest BCUT2D eigenvalue weighted by molar-refractivity contribution is 1.34. The topological polar surface area (TPSA) is 88.8 Å². The Morgan fingerprint density at radius 1 is 1.17 bits per heavy atom. The lowest BCUT2D eigenvalue weighted by Gasteiger charge is -2.09. The van der Waals surface area contributed by atoms with E-state index in [4.69, 9.17) is 46.3 Å². The van der Waals surface area contributed by atoms with Crippen LogP contribution in [0, 0.1) is 0 Å². The smallest absolute Gasteiger partial charge is 0.218 e. The number of nitrogens with zero attached hydrogens (tertiary/aromatic N) is 2. The van der Waals surface area contributed by atoms with Crippen LogP contribution < -0.4 is 16.8 Å². The van der Waals surface area contributed by atoms with Gasteiger partial charge in [-0.25, -0.2) is 0 Å². The molecule has 0 aliphatic rings. The number of nitrogens with two attached hydrogens (primary N) is 2. The highest BCUT2D eigenvalue weighted by Crippen LogP contribution is 2.33. The van der Waals surface area contributed by atoms with Crippen molar-refractivity contribution in [3.8, 4) is 0 Å². The average molecular weight is 331 g/mol. The van der Waals surface area contributed by atoms with Gasteiger partial charge in [-0.05, 0) is 12.1 Å². The van der Waals surface area contributed by atoms with Crippen LogP contribution in [0.3, 0.4) is 0 Å². The molecule has 0 aromatic heterocycles. The number of halogens is 4. The molecule has 1 aromatic carbocycles. The summed E-state index contributed by atoms with van der Waals surface area (Å²) >= 11 is 17.7. The predicted molar refractivity (Wildman–Crippen MR) is 81.5 cm³/mol. The molecule has 100 valence electrons. The molecule has 0 radical (unpaired) electrons. The van der Waals surface area contributed by atoms with E-state index in [1.165, 1.54) is 19.2 Å². The number of hydrogen-bond donors (Lipinski definition) is 3. The van der Waals surface area contributed by atoms with E-state index in [1.807, 2.05) is 0 Å². The first-order valence-corrected chi connectivity index (χ1v) is 5.55. The number of nitrogens with one attached hydrogen (secondary N) is 1. The molecule has 0 aliphatic heterocycles.